The van der Waals surface area contributed by atoms with Crippen LogP contribution in [0.4, 0.5) is 14.7 Å². The molecule has 0 aliphatic heterocycles. The van der Waals surface area contributed by atoms with Gasteiger partial charge < -0.3 is 5.32 Å². The van der Waals surface area contributed by atoms with Crippen LogP contribution in [0.2, 0.25) is 0 Å². The zero-order valence-electron chi connectivity index (χ0n) is 9.35. The Morgan fingerprint density at radius 1 is 1.29 bits per heavy atom. The molecule has 2 aromatic rings. The van der Waals surface area contributed by atoms with Crippen LogP contribution in [0, 0.1) is 11.6 Å². The number of benzene rings is 1. The molecule has 0 amide bonds. The van der Waals surface area contributed by atoms with E-state index in [0.717, 1.165) is 0 Å². The van der Waals surface area contributed by atoms with Gasteiger partial charge in [-0.25, -0.2) is 13.5 Å². The average Bonchev–Trinajstić information content (AvgIpc) is 2.64. The van der Waals surface area contributed by atoms with Crippen LogP contribution in [-0.4, -0.2) is 20.2 Å². The van der Waals surface area contributed by atoms with Crippen molar-refractivity contribution >= 4 is 5.95 Å². The van der Waals surface area contributed by atoms with Crippen LogP contribution in [0.3, 0.4) is 0 Å². The number of halogens is 2. The number of nitrogens with zero attached hydrogens (tertiary/aromatic N) is 4. The fourth-order valence-electron chi connectivity index (χ4n) is 1.54. The number of hydrogen-bond donors (Lipinski definition) is 1. The summed E-state index contributed by atoms with van der Waals surface area (Å²) in [6.45, 7) is 1.64. The summed E-state index contributed by atoms with van der Waals surface area (Å²) in [4.78, 5) is 0. The van der Waals surface area contributed by atoms with Crippen molar-refractivity contribution in [2.45, 2.75) is 13.0 Å². The summed E-state index contributed by atoms with van der Waals surface area (Å²) in [7, 11) is 1.63. The standard InChI is InChI=1S/C10H11F2N5/c1-6(13-10-14-15-16-17(10)2)9-7(11)4-3-5-8(9)12/h3-6H,1-2H3,(H,13,14,16)/t6-/m0/s1. The van der Waals surface area contributed by atoms with Crippen molar-refractivity contribution in [3.05, 3.63) is 35.4 Å². The maximum absolute atomic E-state index is 13.5. The van der Waals surface area contributed by atoms with Crippen molar-refractivity contribution in [1.82, 2.24) is 20.2 Å². The minimum atomic E-state index is -0.597. The molecular weight excluding hydrogens is 228 g/mol. The molecule has 5 nitrogen and oxygen atoms in total. The smallest absolute Gasteiger partial charge is 0.243 e. The highest BCUT2D eigenvalue weighted by Crippen LogP contribution is 2.22. The lowest BCUT2D eigenvalue weighted by Crippen LogP contribution is -2.14. The minimum Gasteiger partial charge on any atom is -0.346 e. The van der Waals surface area contributed by atoms with E-state index in [4.69, 9.17) is 0 Å². The number of anilines is 1. The molecule has 0 bridgehead atoms. The maximum Gasteiger partial charge on any atom is 0.243 e. The van der Waals surface area contributed by atoms with E-state index in [1.54, 1.807) is 14.0 Å². The first-order valence-electron chi connectivity index (χ1n) is 5.02. The van der Waals surface area contributed by atoms with E-state index in [2.05, 4.69) is 20.8 Å². The van der Waals surface area contributed by atoms with Gasteiger partial charge in [-0.15, -0.1) is 0 Å². The van der Waals surface area contributed by atoms with Gasteiger partial charge in [0.05, 0.1) is 6.04 Å². The summed E-state index contributed by atoms with van der Waals surface area (Å²) in [6.07, 6.45) is 0. The highest BCUT2D eigenvalue weighted by Gasteiger charge is 2.17. The van der Waals surface area contributed by atoms with E-state index in [0.29, 0.717) is 5.95 Å². The molecule has 17 heavy (non-hydrogen) atoms. The monoisotopic (exact) mass is 239 g/mol. The lowest BCUT2D eigenvalue weighted by atomic mass is 10.1. The van der Waals surface area contributed by atoms with E-state index < -0.39 is 17.7 Å². The lowest BCUT2D eigenvalue weighted by Gasteiger charge is -2.15. The molecule has 0 fully saturated rings. The van der Waals surface area contributed by atoms with Crippen LogP contribution in [0.15, 0.2) is 18.2 Å². The molecule has 1 aromatic heterocycles. The van der Waals surface area contributed by atoms with Crippen LogP contribution in [0.25, 0.3) is 0 Å². The Labute approximate surface area is 96.4 Å². The van der Waals surface area contributed by atoms with Crippen molar-refractivity contribution in [3.8, 4) is 0 Å². The number of aryl methyl sites for hydroxylation is 1. The summed E-state index contributed by atoms with van der Waals surface area (Å²) in [6, 6.07) is 3.18. The van der Waals surface area contributed by atoms with Crippen LogP contribution in [-0.2, 0) is 7.05 Å². The summed E-state index contributed by atoms with van der Waals surface area (Å²) in [5.41, 5.74) is -0.0319. The largest absolute Gasteiger partial charge is 0.346 e. The van der Waals surface area contributed by atoms with Gasteiger partial charge in [-0.2, -0.15) is 0 Å². The van der Waals surface area contributed by atoms with Gasteiger partial charge >= 0.3 is 0 Å². The minimum absolute atomic E-state index is 0.0319. The lowest BCUT2D eigenvalue weighted by molar-refractivity contribution is 0.542. The van der Waals surface area contributed by atoms with Crippen molar-refractivity contribution in [2.24, 2.45) is 7.05 Å². The molecule has 0 saturated heterocycles. The predicted octanol–water partition coefficient (Wildman–Crippen LogP) is 1.66. The van der Waals surface area contributed by atoms with E-state index in [9.17, 15) is 8.78 Å². The molecule has 0 aliphatic carbocycles. The highest BCUT2D eigenvalue weighted by atomic mass is 19.1. The Balaban J connectivity index is 2.26. The quantitative estimate of drug-likeness (QED) is 0.885. The second-order valence-corrected chi connectivity index (χ2v) is 3.63. The molecule has 0 spiro atoms. The van der Waals surface area contributed by atoms with Gasteiger partial charge in [-0.3, -0.25) is 0 Å². The van der Waals surface area contributed by atoms with Crippen molar-refractivity contribution in [2.75, 3.05) is 5.32 Å². The zero-order valence-corrected chi connectivity index (χ0v) is 9.35. The third-order valence-corrected chi connectivity index (χ3v) is 2.40. The predicted molar refractivity (Wildman–Crippen MR) is 57.2 cm³/mol. The van der Waals surface area contributed by atoms with Crippen LogP contribution in [0.5, 0.6) is 0 Å². The number of tetrazole rings is 1. The Morgan fingerprint density at radius 3 is 2.47 bits per heavy atom. The van der Waals surface area contributed by atoms with Crippen LogP contribution < -0.4 is 5.32 Å². The zero-order chi connectivity index (χ0) is 12.4. The SMILES string of the molecule is C[C@H](Nc1nnnn1C)c1c(F)cccc1F. The molecule has 0 unspecified atom stereocenters. The Hall–Kier alpha value is -2.05. The third-order valence-electron chi connectivity index (χ3n) is 2.40. The van der Waals surface area contributed by atoms with Crippen LogP contribution in [0.1, 0.15) is 18.5 Å². The Kier molecular flexibility index (Phi) is 2.99. The maximum atomic E-state index is 13.5. The van der Waals surface area contributed by atoms with Crippen molar-refractivity contribution in [3.63, 3.8) is 0 Å². The second kappa shape index (κ2) is 4.44. The fourth-order valence-corrected chi connectivity index (χ4v) is 1.54. The fraction of sp³-hybridized carbons (Fsp3) is 0.300. The first-order chi connectivity index (χ1) is 8.09. The first kappa shape index (κ1) is 11.4. The Morgan fingerprint density at radius 2 is 1.94 bits per heavy atom. The van der Waals surface area contributed by atoms with Gasteiger partial charge in [0.2, 0.25) is 5.95 Å². The molecule has 0 saturated carbocycles. The van der Waals surface area contributed by atoms with Gasteiger partial charge in [0.1, 0.15) is 11.6 Å². The number of aromatic nitrogens is 4. The van der Waals surface area contributed by atoms with Gasteiger partial charge in [-0.05, 0) is 29.5 Å². The normalized spacial score (nSPS) is 12.5. The molecule has 1 N–H and O–H groups in total. The second-order valence-electron chi connectivity index (χ2n) is 3.63. The van der Waals surface area contributed by atoms with Crippen LogP contribution >= 0.6 is 0 Å². The molecule has 1 atom stereocenters. The highest BCUT2D eigenvalue weighted by molar-refractivity contribution is 5.32. The van der Waals surface area contributed by atoms with Gasteiger partial charge in [0.25, 0.3) is 0 Å². The molecule has 0 aliphatic rings. The molecule has 1 heterocycles. The number of hydrogen-bond acceptors (Lipinski definition) is 4. The van der Waals surface area contributed by atoms with Gasteiger partial charge in [-0.1, -0.05) is 11.2 Å². The molecule has 90 valence electrons. The summed E-state index contributed by atoms with van der Waals surface area (Å²) >= 11 is 0. The topological polar surface area (TPSA) is 55.6 Å². The summed E-state index contributed by atoms with van der Waals surface area (Å²) < 4.78 is 28.4. The molecule has 2 rings (SSSR count). The average molecular weight is 239 g/mol. The molecule has 7 heteroatoms. The van der Waals surface area contributed by atoms with Crippen molar-refractivity contribution < 1.29 is 8.78 Å². The van der Waals surface area contributed by atoms with Crippen molar-refractivity contribution in [1.29, 1.82) is 0 Å². The summed E-state index contributed by atoms with van der Waals surface area (Å²) in [5.74, 6) is -0.847. The summed E-state index contributed by atoms with van der Waals surface area (Å²) in [5, 5.41) is 13.6. The van der Waals surface area contributed by atoms with E-state index in [1.165, 1.54) is 22.9 Å². The molecule has 0 radical (unpaired) electrons. The van der Waals surface area contributed by atoms with E-state index >= 15 is 0 Å². The third kappa shape index (κ3) is 2.22. The Bertz CT molecular complexity index is 505. The van der Waals surface area contributed by atoms with E-state index in [-0.39, 0.29) is 5.56 Å². The van der Waals surface area contributed by atoms with Gasteiger partial charge in [0.15, 0.2) is 0 Å². The molecular formula is C10H11F2N5. The van der Waals surface area contributed by atoms with Gasteiger partial charge in [0, 0.05) is 12.6 Å². The number of rotatable bonds is 3. The van der Waals surface area contributed by atoms with E-state index in [1.807, 2.05) is 0 Å². The number of nitrogens with one attached hydrogen (secondary N) is 1. The molecule has 1 aromatic carbocycles. The first-order valence-corrected chi connectivity index (χ1v) is 5.02.